The van der Waals surface area contributed by atoms with Gasteiger partial charge >= 0.3 is 5.97 Å². The summed E-state index contributed by atoms with van der Waals surface area (Å²) in [6, 6.07) is 7.74. The van der Waals surface area contributed by atoms with E-state index in [9.17, 15) is 9.90 Å². The smallest absolute Gasteiger partial charge is 0.304 e. The molecule has 20 heavy (non-hydrogen) atoms. The third kappa shape index (κ3) is 4.94. The van der Waals surface area contributed by atoms with Gasteiger partial charge in [-0.2, -0.15) is 0 Å². The van der Waals surface area contributed by atoms with E-state index < -0.39 is 12.1 Å². The molecule has 3 N–H and O–H groups in total. The maximum atomic E-state index is 10.4. The Morgan fingerprint density at radius 2 is 1.80 bits per heavy atom. The van der Waals surface area contributed by atoms with Gasteiger partial charge in [0, 0.05) is 12.6 Å². The molecule has 0 radical (unpaired) electrons. The fourth-order valence-corrected chi connectivity index (χ4v) is 1.99. The zero-order chi connectivity index (χ0) is 15.3. The number of carbonyl (C=O) groups is 1. The lowest BCUT2D eigenvalue weighted by Gasteiger charge is -2.23. The quantitative estimate of drug-likeness (QED) is 0.748. The third-order valence-corrected chi connectivity index (χ3v) is 3.40. The minimum absolute atomic E-state index is 0.0556. The Balaban J connectivity index is 2.62. The molecule has 2 atom stereocenters. The molecule has 0 spiro atoms. The number of hydrogen-bond acceptors (Lipinski definition) is 3. The molecule has 4 heteroatoms. The molecule has 0 amide bonds. The first kappa shape index (κ1) is 16.7. The first-order valence-electron chi connectivity index (χ1n) is 6.95. The molecule has 0 saturated heterocycles. The van der Waals surface area contributed by atoms with Crippen LogP contribution in [0.15, 0.2) is 24.3 Å². The Bertz CT molecular complexity index is 434. The lowest BCUT2D eigenvalue weighted by molar-refractivity contribution is -0.136. The topological polar surface area (TPSA) is 69.6 Å². The third-order valence-electron chi connectivity index (χ3n) is 3.40. The van der Waals surface area contributed by atoms with E-state index in [-0.39, 0.29) is 17.9 Å². The van der Waals surface area contributed by atoms with Crippen molar-refractivity contribution in [3.05, 3.63) is 35.4 Å². The molecule has 0 aliphatic heterocycles. The van der Waals surface area contributed by atoms with Crippen LogP contribution in [0.4, 0.5) is 0 Å². The highest BCUT2D eigenvalue weighted by atomic mass is 16.4. The molecular formula is C16H25NO3. The minimum Gasteiger partial charge on any atom is -0.481 e. The van der Waals surface area contributed by atoms with Gasteiger partial charge in [0.2, 0.25) is 0 Å². The maximum Gasteiger partial charge on any atom is 0.304 e. The highest BCUT2D eigenvalue weighted by Gasteiger charge is 2.18. The Hall–Kier alpha value is -1.39. The van der Waals surface area contributed by atoms with Crippen LogP contribution in [0.3, 0.4) is 0 Å². The number of rotatable bonds is 6. The number of aliphatic carboxylic acids is 1. The second-order valence-electron chi connectivity index (χ2n) is 6.20. The normalized spacial score (nSPS) is 14.8. The zero-order valence-electron chi connectivity index (χ0n) is 12.7. The van der Waals surface area contributed by atoms with Gasteiger partial charge in [0.15, 0.2) is 0 Å². The average Bonchev–Trinajstić information content (AvgIpc) is 2.36. The number of benzene rings is 1. The largest absolute Gasteiger partial charge is 0.481 e. The van der Waals surface area contributed by atoms with Gasteiger partial charge in [-0.3, -0.25) is 4.79 Å². The van der Waals surface area contributed by atoms with Crippen LogP contribution in [-0.2, 0) is 10.2 Å². The van der Waals surface area contributed by atoms with Gasteiger partial charge in [0.05, 0.1) is 12.5 Å². The van der Waals surface area contributed by atoms with Crippen molar-refractivity contribution in [2.24, 2.45) is 0 Å². The van der Waals surface area contributed by atoms with Gasteiger partial charge in [0.1, 0.15) is 0 Å². The lowest BCUT2D eigenvalue weighted by Crippen LogP contribution is -2.33. The summed E-state index contributed by atoms with van der Waals surface area (Å²) in [5.41, 5.74) is 2.16. The SMILES string of the molecule is CC(NCCC(=O)O)C(O)c1ccc(C(C)(C)C)cc1. The van der Waals surface area contributed by atoms with Crippen LogP contribution in [0.2, 0.25) is 0 Å². The molecule has 4 nitrogen and oxygen atoms in total. The first-order valence-corrected chi connectivity index (χ1v) is 6.95. The number of carboxylic acid groups (broad SMARTS) is 1. The fraction of sp³-hybridized carbons (Fsp3) is 0.562. The van der Waals surface area contributed by atoms with Crippen molar-refractivity contribution >= 4 is 5.97 Å². The highest BCUT2D eigenvalue weighted by Crippen LogP contribution is 2.24. The summed E-state index contributed by atoms with van der Waals surface area (Å²) in [7, 11) is 0. The lowest BCUT2D eigenvalue weighted by atomic mass is 9.86. The molecule has 1 aromatic rings. The van der Waals surface area contributed by atoms with Crippen LogP contribution < -0.4 is 5.32 Å². The number of aliphatic hydroxyl groups is 1. The molecule has 112 valence electrons. The molecule has 0 bridgehead atoms. The van der Waals surface area contributed by atoms with E-state index in [0.717, 1.165) is 5.56 Å². The van der Waals surface area contributed by atoms with Crippen molar-refractivity contribution in [2.45, 2.75) is 51.7 Å². The van der Waals surface area contributed by atoms with Crippen molar-refractivity contribution in [1.29, 1.82) is 0 Å². The number of hydrogen-bond donors (Lipinski definition) is 3. The van der Waals surface area contributed by atoms with E-state index in [4.69, 9.17) is 5.11 Å². The van der Waals surface area contributed by atoms with Crippen LogP contribution >= 0.6 is 0 Å². The monoisotopic (exact) mass is 279 g/mol. The molecule has 1 rings (SSSR count). The van der Waals surface area contributed by atoms with Gasteiger partial charge in [-0.05, 0) is 23.5 Å². The summed E-state index contributed by atoms with van der Waals surface area (Å²) >= 11 is 0. The van der Waals surface area contributed by atoms with E-state index in [1.807, 2.05) is 31.2 Å². The molecule has 0 heterocycles. The molecule has 0 aliphatic rings. The predicted molar refractivity (Wildman–Crippen MR) is 79.8 cm³/mol. The van der Waals surface area contributed by atoms with Crippen LogP contribution in [0.1, 0.15) is 51.3 Å². The van der Waals surface area contributed by atoms with Crippen LogP contribution in [0, 0.1) is 0 Å². The molecular weight excluding hydrogens is 254 g/mol. The van der Waals surface area contributed by atoms with Crippen molar-refractivity contribution in [2.75, 3.05) is 6.54 Å². The second kappa shape index (κ2) is 6.86. The van der Waals surface area contributed by atoms with Gasteiger partial charge in [-0.1, -0.05) is 45.0 Å². The fourth-order valence-electron chi connectivity index (χ4n) is 1.99. The van der Waals surface area contributed by atoms with Crippen molar-refractivity contribution in [3.8, 4) is 0 Å². The summed E-state index contributed by atoms with van der Waals surface area (Å²) in [6.45, 7) is 8.65. The van der Waals surface area contributed by atoms with Crippen LogP contribution in [0.5, 0.6) is 0 Å². The Morgan fingerprint density at radius 3 is 2.25 bits per heavy atom. The molecule has 0 fully saturated rings. The highest BCUT2D eigenvalue weighted by molar-refractivity contribution is 5.66. The van der Waals surface area contributed by atoms with E-state index in [1.54, 1.807) is 0 Å². The molecule has 1 aromatic carbocycles. The van der Waals surface area contributed by atoms with Crippen molar-refractivity contribution < 1.29 is 15.0 Å². The van der Waals surface area contributed by atoms with E-state index >= 15 is 0 Å². The Labute approximate surface area is 120 Å². The van der Waals surface area contributed by atoms with E-state index in [2.05, 4.69) is 26.1 Å². The number of nitrogens with one attached hydrogen (secondary N) is 1. The standard InChI is InChI=1S/C16H25NO3/c1-11(17-10-9-14(18)19)15(20)12-5-7-13(8-6-12)16(2,3)4/h5-8,11,15,17,20H,9-10H2,1-4H3,(H,18,19). The zero-order valence-corrected chi connectivity index (χ0v) is 12.7. The second-order valence-corrected chi connectivity index (χ2v) is 6.20. The molecule has 0 saturated carbocycles. The Morgan fingerprint density at radius 1 is 1.25 bits per heavy atom. The van der Waals surface area contributed by atoms with Gasteiger partial charge in [0.25, 0.3) is 0 Å². The van der Waals surface area contributed by atoms with E-state index in [1.165, 1.54) is 5.56 Å². The molecule has 0 aliphatic carbocycles. The van der Waals surface area contributed by atoms with Gasteiger partial charge < -0.3 is 15.5 Å². The number of aliphatic hydroxyl groups excluding tert-OH is 1. The van der Waals surface area contributed by atoms with Gasteiger partial charge in [-0.15, -0.1) is 0 Å². The van der Waals surface area contributed by atoms with Crippen LogP contribution in [-0.4, -0.2) is 28.8 Å². The average molecular weight is 279 g/mol. The van der Waals surface area contributed by atoms with E-state index in [0.29, 0.717) is 6.54 Å². The van der Waals surface area contributed by atoms with Crippen molar-refractivity contribution in [3.63, 3.8) is 0 Å². The Kier molecular flexibility index (Phi) is 5.72. The van der Waals surface area contributed by atoms with Crippen molar-refractivity contribution in [1.82, 2.24) is 5.32 Å². The first-order chi connectivity index (χ1) is 9.21. The summed E-state index contributed by atoms with van der Waals surface area (Å²) in [5.74, 6) is -0.839. The molecule has 0 aromatic heterocycles. The van der Waals surface area contributed by atoms with Gasteiger partial charge in [-0.25, -0.2) is 0 Å². The number of carboxylic acids is 1. The van der Waals surface area contributed by atoms with Crippen LogP contribution in [0.25, 0.3) is 0 Å². The summed E-state index contributed by atoms with van der Waals surface area (Å²) < 4.78 is 0. The minimum atomic E-state index is -0.839. The molecule has 2 unspecified atom stereocenters. The predicted octanol–water partition coefficient (Wildman–Crippen LogP) is 2.47. The summed E-state index contributed by atoms with van der Waals surface area (Å²) in [5, 5.41) is 21.9. The maximum absolute atomic E-state index is 10.4. The summed E-state index contributed by atoms with van der Waals surface area (Å²) in [4.78, 5) is 10.4. The summed E-state index contributed by atoms with van der Waals surface area (Å²) in [6.07, 6.45) is -0.585.